The molecule has 104 valence electrons. The number of alkyl halides is 1. The van der Waals surface area contributed by atoms with Gasteiger partial charge in [-0.05, 0) is 19.4 Å². The van der Waals surface area contributed by atoms with Crippen molar-refractivity contribution >= 4 is 28.8 Å². The van der Waals surface area contributed by atoms with E-state index in [1.807, 2.05) is 10.3 Å². The molecule has 1 unspecified atom stereocenters. The summed E-state index contributed by atoms with van der Waals surface area (Å²) >= 11 is 7.26. The molecular weight excluding hydrogens is 282 g/mol. The number of thiazole rings is 1. The van der Waals surface area contributed by atoms with Crippen LogP contribution in [0.25, 0.3) is 0 Å². The molecule has 3 rings (SSSR count). The number of aromatic nitrogens is 1. The second-order valence-electron chi connectivity index (χ2n) is 5.21. The van der Waals surface area contributed by atoms with Gasteiger partial charge in [0.15, 0.2) is 0 Å². The van der Waals surface area contributed by atoms with Gasteiger partial charge in [-0.1, -0.05) is 0 Å². The summed E-state index contributed by atoms with van der Waals surface area (Å²) in [6.45, 7) is 4.00. The second kappa shape index (κ2) is 5.77. The van der Waals surface area contributed by atoms with Crippen LogP contribution in [0.2, 0.25) is 0 Å². The van der Waals surface area contributed by atoms with Crippen LogP contribution in [0, 0.1) is 0 Å². The van der Waals surface area contributed by atoms with Crippen LogP contribution in [0.1, 0.15) is 23.5 Å². The fourth-order valence-electron chi connectivity index (χ4n) is 2.95. The van der Waals surface area contributed by atoms with Crippen LogP contribution in [0.15, 0.2) is 5.38 Å². The molecule has 0 radical (unpaired) electrons. The molecule has 1 aromatic rings. The molecule has 0 N–H and O–H groups in total. The maximum Gasteiger partial charge on any atom is 0.229 e. The highest BCUT2D eigenvalue weighted by molar-refractivity contribution is 7.09. The molecule has 0 bridgehead atoms. The molecule has 1 amide bonds. The smallest absolute Gasteiger partial charge is 0.229 e. The standard InChI is InChI=1S/C13H18ClN3OS/c14-7-10-9-19-12(15-10)6-13(18)17-5-4-16-3-1-2-11(16)8-17/h9,11H,1-8H2. The molecule has 0 aliphatic carbocycles. The number of carbonyl (C=O) groups is 1. The number of amides is 1. The lowest BCUT2D eigenvalue weighted by Crippen LogP contribution is -2.52. The molecule has 0 saturated carbocycles. The van der Waals surface area contributed by atoms with E-state index in [1.165, 1.54) is 30.7 Å². The van der Waals surface area contributed by atoms with E-state index in [0.717, 1.165) is 30.3 Å². The van der Waals surface area contributed by atoms with E-state index in [-0.39, 0.29) is 5.91 Å². The second-order valence-corrected chi connectivity index (χ2v) is 6.42. The molecule has 0 aromatic carbocycles. The van der Waals surface area contributed by atoms with Gasteiger partial charge in [0.1, 0.15) is 5.01 Å². The van der Waals surface area contributed by atoms with E-state index >= 15 is 0 Å². The number of hydrogen-bond donors (Lipinski definition) is 0. The number of halogens is 1. The Hall–Kier alpha value is -0.650. The molecule has 1 aromatic heterocycles. The number of hydrogen-bond acceptors (Lipinski definition) is 4. The van der Waals surface area contributed by atoms with Crippen LogP contribution >= 0.6 is 22.9 Å². The summed E-state index contributed by atoms with van der Waals surface area (Å²) in [6, 6.07) is 0.590. The molecular formula is C13H18ClN3OS. The van der Waals surface area contributed by atoms with Gasteiger partial charge in [-0.15, -0.1) is 22.9 Å². The molecule has 19 heavy (non-hydrogen) atoms. The fourth-order valence-corrected chi connectivity index (χ4v) is 3.96. The van der Waals surface area contributed by atoms with Crippen molar-refractivity contribution in [2.45, 2.75) is 31.2 Å². The molecule has 2 fully saturated rings. The maximum atomic E-state index is 12.3. The van der Waals surface area contributed by atoms with Gasteiger partial charge in [0, 0.05) is 31.1 Å². The number of carbonyl (C=O) groups excluding carboxylic acids is 1. The van der Waals surface area contributed by atoms with E-state index < -0.39 is 0 Å². The first-order valence-electron chi connectivity index (χ1n) is 6.77. The zero-order valence-corrected chi connectivity index (χ0v) is 12.4. The SMILES string of the molecule is O=C(Cc1nc(CCl)cs1)N1CCN2CCCC2C1. The highest BCUT2D eigenvalue weighted by Gasteiger charge is 2.32. The molecule has 1 atom stereocenters. The first-order valence-corrected chi connectivity index (χ1v) is 8.19. The third kappa shape index (κ3) is 2.93. The Labute approximate surface area is 122 Å². The van der Waals surface area contributed by atoms with Crippen molar-refractivity contribution in [2.24, 2.45) is 0 Å². The molecule has 6 heteroatoms. The van der Waals surface area contributed by atoms with Gasteiger partial charge in [0.05, 0.1) is 18.0 Å². The van der Waals surface area contributed by atoms with Gasteiger partial charge in [-0.2, -0.15) is 0 Å². The summed E-state index contributed by atoms with van der Waals surface area (Å²) < 4.78 is 0. The lowest BCUT2D eigenvalue weighted by atomic mass is 10.1. The Morgan fingerprint density at radius 3 is 3.16 bits per heavy atom. The van der Waals surface area contributed by atoms with Crippen LogP contribution in [-0.4, -0.2) is 52.9 Å². The zero-order chi connectivity index (χ0) is 13.2. The third-order valence-corrected chi connectivity index (χ3v) is 5.15. The summed E-state index contributed by atoms with van der Waals surface area (Å²) in [7, 11) is 0. The van der Waals surface area contributed by atoms with E-state index in [2.05, 4.69) is 9.88 Å². The summed E-state index contributed by atoms with van der Waals surface area (Å²) in [5, 5.41) is 2.82. The van der Waals surface area contributed by atoms with Gasteiger partial charge < -0.3 is 4.90 Å². The van der Waals surface area contributed by atoms with Crippen LogP contribution in [0.3, 0.4) is 0 Å². The van der Waals surface area contributed by atoms with E-state index in [4.69, 9.17) is 11.6 Å². The minimum Gasteiger partial charge on any atom is -0.339 e. The normalized spacial score (nSPS) is 23.6. The molecule has 2 saturated heterocycles. The Morgan fingerprint density at radius 1 is 1.47 bits per heavy atom. The Balaban J connectivity index is 1.58. The van der Waals surface area contributed by atoms with Gasteiger partial charge >= 0.3 is 0 Å². The first kappa shape index (κ1) is 13.3. The molecule has 2 aliphatic rings. The predicted octanol–water partition coefficient (Wildman–Crippen LogP) is 1.73. The van der Waals surface area contributed by atoms with Crippen molar-refractivity contribution < 1.29 is 4.79 Å². The van der Waals surface area contributed by atoms with Gasteiger partial charge in [0.2, 0.25) is 5.91 Å². The first-order chi connectivity index (χ1) is 9.26. The lowest BCUT2D eigenvalue weighted by molar-refractivity contribution is -0.133. The van der Waals surface area contributed by atoms with Gasteiger partial charge in [0.25, 0.3) is 0 Å². The zero-order valence-electron chi connectivity index (χ0n) is 10.8. The van der Waals surface area contributed by atoms with E-state index in [0.29, 0.717) is 18.3 Å². The van der Waals surface area contributed by atoms with Crippen molar-refractivity contribution in [1.82, 2.24) is 14.8 Å². The average Bonchev–Trinajstić information content (AvgIpc) is 3.05. The summed E-state index contributed by atoms with van der Waals surface area (Å²) in [5.74, 6) is 0.632. The van der Waals surface area contributed by atoms with Crippen LogP contribution in [0.5, 0.6) is 0 Å². The van der Waals surface area contributed by atoms with Crippen LogP contribution in [0.4, 0.5) is 0 Å². The number of piperazine rings is 1. The van der Waals surface area contributed by atoms with Crippen molar-refractivity contribution in [3.8, 4) is 0 Å². The van der Waals surface area contributed by atoms with Crippen LogP contribution < -0.4 is 0 Å². The summed E-state index contributed by atoms with van der Waals surface area (Å²) in [5.41, 5.74) is 0.870. The van der Waals surface area contributed by atoms with Crippen molar-refractivity contribution in [3.63, 3.8) is 0 Å². The van der Waals surface area contributed by atoms with Crippen molar-refractivity contribution in [2.75, 3.05) is 26.2 Å². The average molecular weight is 300 g/mol. The highest BCUT2D eigenvalue weighted by Crippen LogP contribution is 2.22. The molecule has 4 nitrogen and oxygen atoms in total. The third-order valence-electron chi connectivity index (χ3n) is 3.98. The van der Waals surface area contributed by atoms with Crippen LogP contribution in [-0.2, 0) is 17.1 Å². The van der Waals surface area contributed by atoms with Crippen molar-refractivity contribution in [3.05, 3.63) is 16.1 Å². The number of rotatable bonds is 3. The van der Waals surface area contributed by atoms with E-state index in [9.17, 15) is 4.79 Å². The predicted molar refractivity (Wildman–Crippen MR) is 76.6 cm³/mol. The Bertz CT molecular complexity index is 464. The lowest BCUT2D eigenvalue weighted by Gasteiger charge is -2.37. The largest absolute Gasteiger partial charge is 0.339 e. The van der Waals surface area contributed by atoms with Crippen molar-refractivity contribution in [1.29, 1.82) is 0 Å². The minimum atomic E-state index is 0.210. The van der Waals surface area contributed by atoms with Gasteiger partial charge in [-0.3, -0.25) is 9.69 Å². The Kier molecular flexibility index (Phi) is 4.05. The molecule has 2 aliphatic heterocycles. The minimum absolute atomic E-state index is 0.210. The molecule has 0 spiro atoms. The Morgan fingerprint density at radius 2 is 2.37 bits per heavy atom. The summed E-state index contributed by atoms with van der Waals surface area (Å²) in [4.78, 5) is 21.2. The maximum absolute atomic E-state index is 12.3. The van der Waals surface area contributed by atoms with E-state index in [1.54, 1.807) is 0 Å². The monoisotopic (exact) mass is 299 g/mol. The summed E-state index contributed by atoms with van der Waals surface area (Å²) in [6.07, 6.45) is 2.93. The highest BCUT2D eigenvalue weighted by atomic mass is 35.5. The fraction of sp³-hybridized carbons (Fsp3) is 0.692. The number of nitrogens with zero attached hydrogens (tertiary/aromatic N) is 3. The number of fused-ring (bicyclic) bond motifs is 1. The van der Waals surface area contributed by atoms with Gasteiger partial charge in [-0.25, -0.2) is 4.98 Å². The quantitative estimate of drug-likeness (QED) is 0.798. The topological polar surface area (TPSA) is 36.4 Å². The molecule has 3 heterocycles.